The lowest BCUT2D eigenvalue weighted by atomic mass is 10.1. The van der Waals surface area contributed by atoms with Gasteiger partial charge in [0.15, 0.2) is 0 Å². The van der Waals surface area contributed by atoms with Gasteiger partial charge in [0.05, 0.1) is 13.0 Å². The van der Waals surface area contributed by atoms with Crippen LogP contribution in [0.1, 0.15) is 54.9 Å². The van der Waals surface area contributed by atoms with E-state index < -0.39 is 0 Å². The molecule has 1 aromatic rings. The predicted octanol–water partition coefficient (Wildman–Crippen LogP) is 3.27. The fraction of sp³-hybridized carbons (Fsp3) is 0.619. The van der Waals surface area contributed by atoms with Crippen LogP contribution in [0.4, 0.5) is 0 Å². The maximum Gasteiger partial charge on any atom is 0.307 e. The van der Waals surface area contributed by atoms with E-state index in [0.717, 1.165) is 24.9 Å². The molecule has 144 valence electrons. The second-order valence-electron chi connectivity index (χ2n) is 6.97. The van der Waals surface area contributed by atoms with Gasteiger partial charge in [-0.15, -0.1) is 0 Å². The van der Waals surface area contributed by atoms with Crippen molar-refractivity contribution in [2.45, 2.75) is 46.0 Å². The molecule has 26 heavy (non-hydrogen) atoms. The number of likely N-dealkylation sites (tertiary alicyclic amines) is 1. The third-order valence-corrected chi connectivity index (χ3v) is 4.83. The number of benzene rings is 1. The van der Waals surface area contributed by atoms with Gasteiger partial charge in [-0.3, -0.25) is 9.59 Å². The highest BCUT2D eigenvalue weighted by Gasteiger charge is 2.17. The number of ether oxygens (including phenoxy) is 1. The molecule has 0 aliphatic carbocycles. The lowest BCUT2D eigenvalue weighted by Gasteiger charge is -2.23. The molecule has 1 amide bonds. The maximum atomic E-state index is 12.8. The standard InChI is InChI=1S/C21H32N2O3/c1-3-26-20(24)12-17-23(16-7-6-15-22-13-4-5-14-22)21(25)19-10-8-18(2)9-11-19/h8-11H,3-7,12-17H2,1-2H3. The number of unbranched alkanes of at least 4 members (excludes halogenated alkanes) is 1. The second kappa shape index (κ2) is 11.0. The first kappa shape index (κ1) is 20.4. The van der Waals surface area contributed by atoms with Gasteiger partial charge in [0.1, 0.15) is 0 Å². The van der Waals surface area contributed by atoms with Crippen LogP contribution in [0.25, 0.3) is 0 Å². The second-order valence-corrected chi connectivity index (χ2v) is 6.97. The Morgan fingerprint density at radius 2 is 1.77 bits per heavy atom. The Balaban J connectivity index is 1.87. The number of hydrogen-bond acceptors (Lipinski definition) is 4. The highest BCUT2D eigenvalue weighted by Crippen LogP contribution is 2.11. The lowest BCUT2D eigenvalue weighted by Crippen LogP contribution is -2.34. The Morgan fingerprint density at radius 1 is 1.08 bits per heavy atom. The first-order valence-corrected chi connectivity index (χ1v) is 9.84. The number of esters is 1. The molecule has 0 atom stereocenters. The maximum absolute atomic E-state index is 12.8. The minimum atomic E-state index is -0.244. The van der Waals surface area contributed by atoms with Crippen LogP contribution >= 0.6 is 0 Å². The molecule has 0 radical (unpaired) electrons. The molecule has 0 spiro atoms. The van der Waals surface area contributed by atoms with Crippen LogP contribution in [0.3, 0.4) is 0 Å². The smallest absolute Gasteiger partial charge is 0.307 e. The molecule has 1 aromatic carbocycles. The lowest BCUT2D eigenvalue weighted by molar-refractivity contribution is -0.143. The van der Waals surface area contributed by atoms with Crippen molar-refractivity contribution in [3.05, 3.63) is 35.4 Å². The van der Waals surface area contributed by atoms with Crippen molar-refractivity contribution in [1.29, 1.82) is 0 Å². The monoisotopic (exact) mass is 360 g/mol. The van der Waals surface area contributed by atoms with Crippen molar-refractivity contribution in [3.8, 4) is 0 Å². The minimum Gasteiger partial charge on any atom is -0.466 e. The number of amides is 1. The van der Waals surface area contributed by atoms with Crippen molar-refractivity contribution >= 4 is 11.9 Å². The van der Waals surface area contributed by atoms with E-state index in [4.69, 9.17) is 4.74 Å². The summed E-state index contributed by atoms with van der Waals surface area (Å²) in [5, 5.41) is 0. The Kier molecular flexibility index (Phi) is 8.62. The van der Waals surface area contributed by atoms with Crippen LogP contribution in [0, 0.1) is 6.92 Å². The minimum absolute atomic E-state index is 0.00419. The Bertz CT molecular complexity index is 565. The number of rotatable bonds is 10. The Morgan fingerprint density at radius 3 is 2.42 bits per heavy atom. The fourth-order valence-electron chi connectivity index (χ4n) is 3.30. The largest absolute Gasteiger partial charge is 0.466 e. The van der Waals surface area contributed by atoms with Gasteiger partial charge < -0.3 is 14.5 Å². The van der Waals surface area contributed by atoms with E-state index >= 15 is 0 Å². The topological polar surface area (TPSA) is 49.9 Å². The van der Waals surface area contributed by atoms with Gasteiger partial charge in [0, 0.05) is 18.7 Å². The summed E-state index contributed by atoms with van der Waals surface area (Å²) in [5.41, 5.74) is 1.81. The van der Waals surface area contributed by atoms with Crippen molar-refractivity contribution in [1.82, 2.24) is 9.80 Å². The number of aryl methyl sites for hydroxylation is 1. The zero-order valence-corrected chi connectivity index (χ0v) is 16.2. The van der Waals surface area contributed by atoms with Crippen LogP contribution < -0.4 is 0 Å². The summed E-state index contributed by atoms with van der Waals surface area (Å²) in [6.07, 6.45) is 4.89. The molecule has 0 N–H and O–H groups in total. The summed E-state index contributed by atoms with van der Waals surface area (Å²) in [6, 6.07) is 7.62. The summed E-state index contributed by atoms with van der Waals surface area (Å²) in [4.78, 5) is 28.8. The third kappa shape index (κ3) is 6.79. The number of hydrogen-bond donors (Lipinski definition) is 0. The zero-order valence-electron chi connectivity index (χ0n) is 16.2. The molecule has 1 heterocycles. The molecular weight excluding hydrogens is 328 g/mol. The summed E-state index contributed by atoms with van der Waals surface area (Å²) in [7, 11) is 0. The Hall–Kier alpha value is -1.88. The highest BCUT2D eigenvalue weighted by atomic mass is 16.5. The average Bonchev–Trinajstić information content (AvgIpc) is 3.15. The van der Waals surface area contributed by atoms with Gasteiger partial charge in [-0.1, -0.05) is 17.7 Å². The molecule has 1 fully saturated rings. The van der Waals surface area contributed by atoms with E-state index in [1.165, 1.54) is 25.9 Å². The molecular formula is C21H32N2O3. The number of carbonyl (C=O) groups excluding carboxylic acids is 2. The van der Waals surface area contributed by atoms with Crippen LogP contribution in [-0.2, 0) is 9.53 Å². The van der Waals surface area contributed by atoms with E-state index in [1.54, 1.807) is 11.8 Å². The van der Waals surface area contributed by atoms with Crippen LogP contribution in [-0.4, -0.2) is 61.0 Å². The highest BCUT2D eigenvalue weighted by molar-refractivity contribution is 5.94. The van der Waals surface area contributed by atoms with Crippen LogP contribution in [0.15, 0.2) is 24.3 Å². The molecule has 0 bridgehead atoms. The molecule has 0 aromatic heterocycles. The quantitative estimate of drug-likeness (QED) is 0.475. The van der Waals surface area contributed by atoms with E-state index in [2.05, 4.69) is 4.90 Å². The average molecular weight is 360 g/mol. The van der Waals surface area contributed by atoms with Gasteiger partial charge in [0.2, 0.25) is 0 Å². The van der Waals surface area contributed by atoms with Gasteiger partial charge in [-0.2, -0.15) is 0 Å². The molecule has 1 saturated heterocycles. The summed E-state index contributed by atoms with van der Waals surface area (Å²) in [6.45, 7) is 8.78. The first-order chi connectivity index (χ1) is 12.6. The summed E-state index contributed by atoms with van der Waals surface area (Å²) in [5.74, 6) is -0.248. The van der Waals surface area contributed by atoms with E-state index in [1.807, 2.05) is 31.2 Å². The summed E-state index contributed by atoms with van der Waals surface area (Å²) >= 11 is 0. The SMILES string of the molecule is CCOC(=O)CCN(CCCCN1CCCC1)C(=O)c1ccc(C)cc1. The number of carbonyl (C=O) groups is 2. The molecule has 1 aliphatic heterocycles. The van der Waals surface area contributed by atoms with Crippen molar-refractivity contribution in [3.63, 3.8) is 0 Å². The molecule has 1 aliphatic rings. The van der Waals surface area contributed by atoms with Gasteiger partial charge in [0.25, 0.3) is 5.91 Å². The first-order valence-electron chi connectivity index (χ1n) is 9.84. The zero-order chi connectivity index (χ0) is 18.8. The van der Waals surface area contributed by atoms with Crippen molar-refractivity contribution < 1.29 is 14.3 Å². The van der Waals surface area contributed by atoms with Crippen molar-refractivity contribution in [2.24, 2.45) is 0 Å². The molecule has 5 nitrogen and oxygen atoms in total. The predicted molar refractivity (Wildman–Crippen MR) is 103 cm³/mol. The van der Waals surface area contributed by atoms with E-state index in [9.17, 15) is 9.59 Å². The normalized spacial score (nSPS) is 14.4. The van der Waals surface area contributed by atoms with E-state index in [-0.39, 0.29) is 18.3 Å². The molecule has 2 rings (SSSR count). The van der Waals surface area contributed by atoms with Gasteiger partial charge >= 0.3 is 5.97 Å². The van der Waals surface area contributed by atoms with Crippen molar-refractivity contribution in [2.75, 3.05) is 39.3 Å². The van der Waals surface area contributed by atoms with Crippen LogP contribution in [0.5, 0.6) is 0 Å². The molecule has 0 unspecified atom stereocenters. The fourth-order valence-corrected chi connectivity index (χ4v) is 3.30. The molecule has 5 heteroatoms. The number of nitrogens with zero attached hydrogens (tertiary/aromatic N) is 2. The third-order valence-electron chi connectivity index (χ3n) is 4.83. The van der Waals surface area contributed by atoms with Gasteiger partial charge in [-0.25, -0.2) is 0 Å². The summed E-state index contributed by atoms with van der Waals surface area (Å²) < 4.78 is 5.00. The Labute approximate surface area is 157 Å². The van der Waals surface area contributed by atoms with Gasteiger partial charge in [-0.05, 0) is 71.3 Å². The van der Waals surface area contributed by atoms with E-state index in [0.29, 0.717) is 25.3 Å². The van der Waals surface area contributed by atoms with Crippen LogP contribution in [0.2, 0.25) is 0 Å². The molecule has 0 saturated carbocycles.